The lowest BCUT2D eigenvalue weighted by atomic mass is 10.2. The highest BCUT2D eigenvalue weighted by atomic mass is 32.2. The largest absolute Gasteiger partial charge is 0.497 e. The average Bonchev–Trinajstić information content (AvgIpc) is 2.47. The molecule has 0 unspecified atom stereocenters. The van der Waals surface area contributed by atoms with E-state index in [-0.39, 0.29) is 16.3 Å². The molecule has 7 nitrogen and oxygen atoms in total. The Morgan fingerprint density at radius 3 is 2.18 bits per heavy atom. The molecule has 2 aromatic rings. The van der Waals surface area contributed by atoms with Crippen molar-refractivity contribution < 1.29 is 22.3 Å². The first kappa shape index (κ1) is 15.8. The molecule has 8 heteroatoms. The molecule has 22 heavy (non-hydrogen) atoms. The molecular formula is C14H13NO6S. The van der Waals surface area contributed by atoms with Crippen LogP contribution in [-0.4, -0.2) is 20.5 Å². The van der Waals surface area contributed by atoms with Gasteiger partial charge in [0.25, 0.3) is 5.69 Å². The highest BCUT2D eigenvalue weighted by Crippen LogP contribution is 2.25. The van der Waals surface area contributed by atoms with Crippen LogP contribution in [0.4, 0.5) is 5.69 Å². The lowest BCUT2D eigenvalue weighted by Gasteiger charge is -2.08. The van der Waals surface area contributed by atoms with Crippen LogP contribution in [0.2, 0.25) is 0 Å². The van der Waals surface area contributed by atoms with E-state index in [2.05, 4.69) is 0 Å². The molecule has 0 fully saturated rings. The smallest absolute Gasteiger partial charge is 0.339 e. The van der Waals surface area contributed by atoms with Crippen LogP contribution in [0.1, 0.15) is 5.56 Å². The molecule has 116 valence electrons. The Morgan fingerprint density at radius 1 is 1.05 bits per heavy atom. The first-order valence-corrected chi connectivity index (χ1v) is 7.58. The number of hydrogen-bond acceptors (Lipinski definition) is 6. The van der Waals surface area contributed by atoms with E-state index in [9.17, 15) is 18.5 Å². The van der Waals surface area contributed by atoms with Gasteiger partial charge in [-0.05, 0) is 37.3 Å². The summed E-state index contributed by atoms with van der Waals surface area (Å²) in [4.78, 5) is 9.97. The molecule has 0 atom stereocenters. The van der Waals surface area contributed by atoms with Gasteiger partial charge in [0.05, 0.1) is 12.0 Å². The van der Waals surface area contributed by atoms with Gasteiger partial charge in [0.1, 0.15) is 16.4 Å². The third kappa shape index (κ3) is 3.34. The molecule has 0 saturated carbocycles. The van der Waals surface area contributed by atoms with Gasteiger partial charge >= 0.3 is 10.1 Å². The van der Waals surface area contributed by atoms with Crippen molar-refractivity contribution in [2.45, 2.75) is 11.8 Å². The van der Waals surface area contributed by atoms with Crippen LogP contribution in [0, 0.1) is 17.0 Å². The third-order valence-corrected chi connectivity index (χ3v) is 4.17. The van der Waals surface area contributed by atoms with Crippen molar-refractivity contribution in [2.75, 3.05) is 7.11 Å². The van der Waals surface area contributed by atoms with Gasteiger partial charge in [0.2, 0.25) is 0 Å². The van der Waals surface area contributed by atoms with Crippen LogP contribution in [0.3, 0.4) is 0 Å². The molecular weight excluding hydrogens is 310 g/mol. The predicted octanol–water partition coefficient (Wildman–Crippen LogP) is 2.68. The Hall–Kier alpha value is -2.61. The zero-order chi connectivity index (χ0) is 16.3. The Labute approximate surface area is 127 Å². The summed E-state index contributed by atoms with van der Waals surface area (Å²) in [5.41, 5.74) is 0.0906. The lowest BCUT2D eigenvalue weighted by Crippen LogP contribution is -2.10. The third-order valence-electron chi connectivity index (χ3n) is 2.93. The summed E-state index contributed by atoms with van der Waals surface area (Å²) in [5.74, 6) is 0.639. The van der Waals surface area contributed by atoms with E-state index in [4.69, 9.17) is 8.92 Å². The zero-order valence-corrected chi connectivity index (χ0v) is 12.7. The number of ether oxygens (including phenoxy) is 1. The number of nitro benzene ring substituents is 1. The quantitative estimate of drug-likeness (QED) is 0.477. The second-order valence-electron chi connectivity index (χ2n) is 4.42. The van der Waals surface area contributed by atoms with Crippen LogP contribution >= 0.6 is 0 Å². The summed E-state index contributed by atoms with van der Waals surface area (Å²) in [5, 5.41) is 10.9. The van der Waals surface area contributed by atoms with E-state index in [1.807, 2.05) is 0 Å². The molecule has 0 N–H and O–H groups in total. The van der Waals surface area contributed by atoms with E-state index >= 15 is 0 Å². The number of aryl methyl sites for hydroxylation is 1. The maximum absolute atomic E-state index is 12.2. The molecule has 0 heterocycles. The molecule has 0 saturated heterocycles. The minimum absolute atomic E-state index is 0.0871. The summed E-state index contributed by atoms with van der Waals surface area (Å²) in [6.07, 6.45) is 0. The molecule has 0 aliphatic rings. The first-order valence-electron chi connectivity index (χ1n) is 6.17. The van der Waals surface area contributed by atoms with Crippen molar-refractivity contribution in [2.24, 2.45) is 0 Å². The summed E-state index contributed by atoms with van der Waals surface area (Å²) >= 11 is 0. The standard InChI is InChI=1S/C14H13NO6S/c1-10-3-8-13(9-14(10)15(16)17)22(18,19)21-12-6-4-11(20-2)5-7-12/h3-9H,1-2H3. The Kier molecular flexibility index (Phi) is 4.32. The summed E-state index contributed by atoms with van der Waals surface area (Å²) in [6.45, 7) is 1.53. The number of nitrogens with zero attached hydrogens (tertiary/aromatic N) is 1. The second-order valence-corrected chi connectivity index (χ2v) is 5.96. The Bertz CT molecular complexity index is 799. The molecule has 0 aliphatic heterocycles. The normalized spacial score (nSPS) is 11.0. The van der Waals surface area contributed by atoms with Crippen molar-refractivity contribution >= 4 is 15.8 Å². The van der Waals surface area contributed by atoms with Crippen molar-refractivity contribution in [1.82, 2.24) is 0 Å². The van der Waals surface area contributed by atoms with Gasteiger partial charge in [-0.2, -0.15) is 8.42 Å². The molecule has 0 bridgehead atoms. The van der Waals surface area contributed by atoms with E-state index in [0.717, 1.165) is 6.07 Å². The van der Waals surface area contributed by atoms with Crippen LogP contribution in [0.25, 0.3) is 0 Å². The van der Waals surface area contributed by atoms with Crippen LogP contribution < -0.4 is 8.92 Å². The van der Waals surface area contributed by atoms with E-state index in [1.54, 1.807) is 12.1 Å². The number of rotatable bonds is 5. The fourth-order valence-corrected chi connectivity index (χ4v) is 2.70. The molecule has 2 aromatic carbocycles. The van der Waals surface area contributed by atoms with Gasteiger partial charge in [-0.15, -0.1) is 0 Å². The molecule has 0 amide bonds. The van der Waals surface area contributed by atoms with E-state index < -0.39 is 15.0 Å². The molecule has 0 radical (unpaired) electrons. The predicted molar refractivity (Wildman–Crippen MR) is 78.6 cm³/mol. The first-order chi connectivity index (χ1) is 10.3. The number of nitro groups is 1. The Morgan fingerprint density at radius 2 is 1.64 bits per heavy atom. The summed E-state index contributed by atoms with van der Waals surface area (Å²) in [7, 11) is -2.67. The fourth-order valence-electron chi connectivity index (χ4n) is 1.75. The zero-order valence-electron chi connectivity index (χ0n) is 11.8. The SMILES string of the molecule is COc1ccc(OS(=O)(=O)c2ccc(C)c([N+](=O)[O-])c2)cc1. The summed E-state index contributed by atoms with van der Waals surface area (Å²) in [6, 6.07) is 9.56. The van der Waals surface area contributed by atoms with Gasteiger partial charge < -0.3 is 8.92 Å². The average molecular weight is 323 g/mol. The fraction of sp³-hybridized carbons (Fsp3) is 0.143. The van der Waals surface area contributed by atoms with Crippen LogP contribution in [0.15, 0.2) is 47.4 Å². The van der Waals surface area contributed by atoms with E-state index in [1.165, 1.54) is 38.3 Å². The maximum Gasteiger partial charge on any atom is 0.339 e. The Balaban J connectivity index is 2.33. The minimum atomic E-state index is -4.15. The van der Waals surface area contributed by atoms with Crippen LogP contribution in [0.5, 0.6) is 11.5 Å². The van der Waals surface area contributed by atoms with Crippen molar-refractivity contribution in [1.29, 1.82) is 0 Å². The highest BCUT2D eigenvalue weighted by Gasteiger charge is 2.21. The number of benzene rings is 2. The van der Waals surface area contributed by atoms with Gasteiger partial charge in [0, 0.05) is 11.6 Å². The second kappa shape index (κ2) is 6.02. The highest BCUT2D eigenvalue weighted by molar-refractivity contribution is 7.87. The topological polar surface area (TPSA) is 95.7 Å². The molecule has 2 rings (SSSR count). The maximum atomic E-state index is 12.2. The van der Waals surface area contributed by atoms with Crippen LogP contribution in [-0.2, 0) is 10.1 Å². The van der Waals surface area contributed by atoms with E-state index in [0.29, 0.717) is 11.3 Å². The monoisotopic (exact) mass is 323 g/mol. The van der Waals surface area contributed by atoms with Gasteiger partial charge in [-0.1, -0.05) is 6.07 Å². The number of hydrogen-bond donors (Lipinski definition) is 0. The van der Waals surface area contributed by atoms with Crippen molar-refractivity contribution in [3.05, 3.63) is 58.1 Å². The lowest BCUT2D eigenvalue weighted by molar-refractivity contribution is -0.385. The van der Waals surface area contributed by atoms with Gasteiger partial charge in [-0.3, -0.25) is 10.1 Å². The summed E-state index contributed by atoms with van der Waals surface area (Å²) < 4.78 is 34.2. The molecule has 0 spiro atoms. The van der Waals surface area contributed by atoms with Gasteiger partial charge in [0.15, 0.2) is 0 Å². The van der Waals surface area contributed by atoms with Crippen molar-refractivity contribution in [3.63, 3.8) is 0 Å². The molecule has 0 aliphatic carbocycles. The van der Waals surface area contributed by atoms with Gasteiger partial charge in [-0.25, -0.2) is 0 Å². The number of methoxy groups -OCH3 is 1. The molecule has 0 aromatic heterocycles. The minimum Gasteiger partial charge on any atom is -0.497 e. The van der Waals surface area contributed by atoms with Crippen molar-refractivity contribution in [3.8, 4) is 11.5 Å².